The Kier molecular flexibility index (Phi) is 7.70. The van der Waals surface area contributed by atoms with Gasteiger partial charge >= 0.3 is 11.9 Å². The summed E-state index contributed by atoms with van der Waals surface area (Å²) in [7, 11) is 0. The molecular formula is C26H48N2O6. The first-order chi connectivity index (χ1) is 15.1. The van der Waals surface area contributed by atoms with E-state index in [9.17, 15) is 30.0 Å². The molecule has 0 bridgehead atoms. The van der Waals surface area contributed by atoms with E-state index in [1.54, 1.807) is 13.8 Å². The van der Waals surface area contributed by atoms with Gasteiger partial charge in [0, 0.05) is 22.2 Å². The summed E-state index contributed by atoms with van der Waals surface area (Å²) in [6.07, 6.45) is 0.0148. The molecule has 0 spiro atoms. The average Bonchev–Trinajstić information content (AvgIpc) is 2.53. The molecule has 2 rings (SSSR count). The molecule has 2 aliphatic rings. The molecule has 198 valence electrons. The molecule has 0 saturated carbocycles. The van der Waals surface area contributed by atoms with E-state index in [0.29, 0.717) is 25.7 Å². The Balaban J connectivity index is 2.68. The van der Waals surface area contributed by atoms with Crippen molar-refractivity contribution in [2.45, 2.75) is 136 Å². The second-order valence-corrected chi connectivity index (χ2v) is 13.4. The van der Waals surface area contributed by atoms with E-state index >= 15 is 0 Å². The predicted octanol–water partition coefficient (Wildman–Crippen LogP) is 3.75. The molecular weight excluding hydrogens is 436 g/mol. The zero-order valence-corrected chi connectivity index (χ0v) is 22.8. The quantitative estimate of drug-likeness (QED) is 0.431. The van der Waals surface area contributed by atoms with Crippen molar-refractivity contribution in [1.29, 1.82) is 0 Å². The lowest BCUT2D eigenvalue weighted by Crippen LogP contribution is -2.69. The largest absolute Gasteiger partial charge is 0.481 e. The Labute approximate surface area is 205 Å². The first-order valence-corrected chi connectivity index (χ1v) is 12.5. The van der Waals surface area contributed by atoms with Gasteiger partial charge < -0.3 is 20.4 Å². The van der Waals surface area contributed by atoms with Gasteiger partial charge in [0.05, 0.1) is 11.8 Å². The molecule has 2 atom stereocenters. The Morgan fingerprint density at radius 1 is 0.735 bits per heavy atom. The van der Waals surface area contributed by atoms with Gasteiger partial charge in [-0.1, -0.05) is 0 Å². The number of hydrogen-bond acceptors (Lipinski definition) is 6. The maximum atomic E-state index is 13.2. The third-order valence-electron chi connectivity index (χ3n) is 8.64. The van der Waals surface area contributed by atoms with E-state index in [1.165, 1.54) is 0 Å². The van der Waals surface area contributed by atoms with Gasteiger partial charge in [-0.2, -0.15) is 0 Å². The monoisotopic (exact) mass is 484 g/mol. The number of carbonyl (C=O) groups is 2. The van der Waals surface area contributed by atoms with Gasteiger partial charge in [0.2, 0.25) is 0 Å². The van der Waals surface area contributed by atoms with Gasteiger partial charge in [0.25, 0.3) is 0 Å². The van der Waals surface area contributed by atoms with Crippen molar-refractivity contribution in [3.05, 3.63) is 0 Å². The van der Waals surface area contributed by atoms with Crippen LogP contribution in [0.2, 0.25) is 0 Å². The van der Waals surface area contributed by atoms with Crippen molar-refractivity contribution in [1.82, 2.24) is 9.80 Å². The number of rotatable bonds is 7. The Morgan fingerprint density at radius 2 is 1.00 bits per heavy atom. The van der Waals surface area contributed by atoms with Crippen molar-refractivity contribution in [3.63, 3.8) is 0 Å². The van der Waals surface area contributed by atoms with E-state index in [4.69, 9.17) is 0 Å². The molecule has 2 unspecified atom stereocenters. The second-order valence-electron chi connectivity index (χ2n) is 13.4. The van der Waals surface area contributed by atoms with Gasteiger partial charge in [0.15, 0.2) is 0 Å². The van der Waals surface area contributed by atoms with E-state index in [2.05, 4.69) is 0 Å². The Hall–Kier alpha value is -1.22. The first-order valence-electron chi connectivity index (χ1n) is 12.5. The van der Waals surface area contributed by atoms with Gasteiger partial charge in [0.1, 0.15) is 12.5 Å². The van der Waals surface area contributed by atoms with E-state index < -0.39 is 70.2 Å². The molecule has 2 aliphatic heterocycles. The highest BCUT2D eigenvalue weighted by Gasteiger charge is 2.62. The van der Waals surface area contributed by atoms with Crippen LogP contribution in [0.1, 0.15) is 101 Å². The third kappa shape index (κ3) is 5.01. The molecule has 0 aromatic carbocycles. The number of aliphatic carboxylic acids is 2. The molecule has 2 saturated heterocycles. The van der Waals surface area contributed by atoms with Gasteiger partial charge in [-0.3, -0.25) is 19.4 Å². The highest BCUT2D eigenvalue weighted by molar-refractivity contribution is 5.82. The number of aliphatic hydroxyl groups excluding tert-OH is 2. The van der Waals surface area contributed by atoms with Gasteiger partial charge in [-0.15, -0.1) is 0 Å². The van der Waals surface area contributed by atoms with Crippen molar-refractivity contribution in [3.8, 4) is 0 Å². The SMILES string of the molecule is CC(O)N1C(C)(C)CC(C(CC(=O)O)(C(=O)O)C2CC(C)(C)N(C(C)O)C(C)(C)C2)CC1(C)C. The molecule has 0 aliphatic carbocycles. The molecule has 4 N–H and O–H groups in total. The average molecular weight is 485 g/mol. The Morgan fingerprint density at radius 3 is 1.18 bits per heavy atom. The number of hydrogen-bond donors (Lipinski definition) is 4. The van der Waals surface area contributed by atoms with Crippen molar-refractivity contribution >= 4 is 11.9 Å². The zero-order valence-electron chi connectivity index (χ0n) is 22.8. The fraction of sp³-hybridized carbons (Fsp3) is 0.923. The zero-order chi connectivity index (χ0) is 26.7. The summed E-state index contributed by atoms with van der Waals surface area (Å²) in [5, 5.41) is 41.9. The number of aliphatic hydroxyl groups is 2. The fourth-order valence-corrected chi connectivity index (χ4v) is 8.64. The molecule has 2 heterocycles. The van der Waals surface area contributed by atoms with Crippen LogP contribution in [0.4, 0.5) is 0 Å². The summed E-state index contributed by atoms with van der Waals surface area (Å²) < 4.78 is 0. The minimum atomic E-state index is -1.47. The lowest BCUT2D eigenvalue weighted by molar-refractivity contribution is -0.202. The van der Waals surface area contributed by atoms with Crippen LogP contribution in [0.3, 0.4) is 0 Å². The lowest BCUT2D eigenvalue weighted by atomic mass is 9.52. The molecule has 34 heavy (non-hydrogen) atoms. The number of nitrogens with zero attached hydrogens (tertiary/aromatic N) is 2. The van der Waals surface area contributed by atoms with Gasteiger partial charge in [-0.05, 0) is 107 Å². The smallest absolute Gasteiger partial charge is 0.310 e. The maximum Gasteiger partial charge on any atom is 0.310 e. The molecule has 0 radical (unpaired) electrons. The minimum Gasteiger partial charge on any atom is -0.481 e. The summed E-state index contributed by atoms with van der Waals surface area (Å²) in [6, 6.07) is 0. The first kappa shape index (κ1) is 29.0. The number of likely N-dealkylation sites (tertiary alicyclic amines) is 2. The van der Waals surface area contributed by atoms with E-state index in [-0.39, 0.29) is 0 Å². The van der Waals surface area contributed by atoms with Crippen molar-refractivity contribution in [2.75, 3.05) is 0 Å². The maximum absolute atomic E-state index is 13.2. The van der Waals surface area contributed by atoms with Crippen LogP contribution in [0.15, 0.2) is 0 Å². The van der Waals surface area contributed by atoms with Crippen LogP contribution in [0.25, 0.3) is 0 Å². The summed E-state index contributed by atoms with van der Waals surface area (Å²) in [5.74, 6) is -2.95. The molecule has 0 aromatic heterocycles. The van der Waals surface area contributed by atoms with Crippen molar-refractivity contribution in [2.24, 2.45) is 17.3 Å². The lowest BCUT2D eigenvalue weighted by Gasteiger charge is -2.63. The molecule has 8 nitrogen and oxygen atoms in total. The molecule has 2 fully saturated rings. The third-order valence-corrected chi connectivity index (χ3v) is 8.64. The standard InChI is InChI=1S/C26H48N2O6/c1-16(29)27-22(3,4)11-18(12-23(27,5)6)26(21(33)34,15-20(31)32)19-13-24(7,8)28(17(2)30)25(9,10)14-19/h16-19,29-30H,11-15H2,1-10H3,(H,31,32)(H,33,34). The summed E-state index contributed by atoms with van der Waals surface area (Å²) in [4.78, 5) is 29.5. The summed E-state index contributed by atoms with van der Waals surface area (Å²) in [5.41, 5.74) is -3.56. The molecule has 8 heteroatoms. The van der Waals surface area contributed by atoms with Crippen LogP contribution < -0.4 is 0 Å². The van der Waals surface area contributed by atoms with Crippen LogP contribution >= 0.6 is 0 Å². The van der Waals surface area contributed by atoms with Crippen LogP contribution in [-0.4, -0.2) is 76.8 Å². The highest BCUT2D eigenvalue weighted by atomic mass is 16.4. The van der Waals surface area contributed by atoms with Crippen LogP contribution in [-0.2, 0) is 9.59 Å². The van der Waals surface area contributed by atoms with E-state index in [0.717, 1.165) is 0 Å². The summed E-state index contributed by atoms with van der Waals surface area (Å²) >= 11 is 0. The fourth-order valence-electron chi connectivity index (χ4n) is 8.64. The highest BCUT2D eigenvalue weighted by Crippen LogP contribution is 2.58. The Bertz CT molecular complexity index is 702. The van der Waals surface area contributed by atoms with Crippen LogP contribution in [0.5, 0.6) is 0 Å². The second kappa shape index (κ2) is 9.02. The predicted molar refractivity (Wildman–Crippen MR) is 131 cm³/mol. The molecule has 0 amide bonds. The summed E-state index contributed by atoms with van der Waals surface area (Å²) in [6.45, 7) is 19.5. The number of piperidine rings is 2. The molecule has 0 aromatic rings. The van der Waals surface area contributed by atoms with Crippen LogP contribution in [0, 0.1) is 17.3 Å². The topological polar surface area (TPSA) is 122 Å². The van der Waals surface area contributed by atoms with E-state index in [1.807, 2.05) is 65.2 Å². The normalized spacial score (nSPS) is 29.2. The number of carboxylic acids is 2. The number of carboxylic acid groups (broad SMARTS) is 2. The van der Waals surface area contributed by atoms with Crippen molar-refractivity contribution < 1.29 is 30.0 Å². The minimum absolute atomic E-state index is 0.393. The van der Waals surface area contributed by atoms with Gasteiger partial charge in [-0.25, -0.2) is 0 Å².